The zero-order valence-electron chi connectivity index (χ0n) is 11.4. The molecule has 0 aliphatic carbocycles. The fourth-order valence-electron chi connectivity index (χ4n) is 2.03. The smallest absolute Gasteiger partial charge is 0.338 e. The lowest BCUT2D eigenvalue weighted by molar-refractivity contribution is 0.385. The van der Waals surface area contributed by atoms with Gasteiger partial charge < -0.3 is 5.32 Å². The van der Waals surface area contributed by atoms with Gasteiger partial charge in [-0.05, 0) is 76.6 Å². The highest BCUT2D eigenvalue weighted by Crippen LogP contribution is 2.26. The monoisotopic (exact) mass is 431 g/mol. The number of nitrogens with one attached hydrogen (secondary N) is 2. The van der Waals surface area contributed by atoms with Crippen molar-refractivity contribution in [3.63, 3.8) is 0 Å². The van der Waals surface area contributed by atoms with Gasteiger partial charge >= 0.3 is 11.3 Å². The molecule has 0 spiro atoms. The Balaban J connectivity index is 1.99. The van der Waals surface area contributed by atoms with Crippen LogP contribution in [-0.4, -0.2) is 10.0 Å². The van der Waals surface area contributed by atoms with Crippen LogP contribution >= 0.6 is 22.6 Å². The summed E-state index contributed by atoms with van der Waals surface area (Å²) in [6.07, 6.45) is 0. The second-order valence-corrected chi connectivity index (χ2v) is 6.69. The molecule has 1 aliphatic rings. The SMILES string of the molecule is Cc1cc(I)ccc1Nc1cc(F)ccc1C1=NOS(=O)N1. The minimum Gasteiger partial charge on any atom is -0.355 e. The number of amidine groups is 1. The van der Waals surface area contributed by atoms with Crippen molar-refractivity contribution in [1.29, 1.82) is 0 Å². The molecule has 1 heterocycles. The van der Waals surface area contributed by atoms with Gasteiger partial charge in [0.15, 0.2) is 5.84 Å². The van der Waals surface area contributed by atoms with Crippen molar-refractivity contribution >= 4 is 51.1 Å². The first-order chi connectivity index (χ1) is 10.5. The van der Waals surface area contributed by atoms with Crippen molar-refractivity contribution in [3.8, 4) is 0 Å². The van der Waals surface area contributed by atoms with E-state index < -0.39 is 11.3 Å². The first kappa shape index (κ1) is 15.2. The van der Waals surface area contributed by atoms with Crippen molar-refractivity contribution in [2.75, 3.05) is 5.32 Å². The van der Waals surface area contributed by atoms with E-state index in [1.807, 2.05) is 25.1 Å². The fourth-order valence-corrected chi connectivity index (χ4v) is 3.16. The van der Waals surface area contributed by atoms with Gasteiger partial charge in [-0.15, -0.1) is 0 Å². The lowest BCUT2D eigenvalue weighted by atomic mass is 10.1. The van der Waals surface area contributed by atoms with Crippen LogP contribution in [-0.2, 0) is 15.6 Å². The van der Waals surface area contributed by atoms with E-state index in [9.17, 15) is 8.60 Å². The second-order valence-electron chi connectivity index (χ2n) is 4.63. The van der Waals surface area contributed by atoms with E-state index in [2.05, 4.69) is 42.1 Å². The van der Waals surface area contributed by atoms with E-state index in [0.29, 0.717) is 17.1 Å². The molecule has 22 heavy (non-hydrogen) atoms. The second kappa shape index (κ2) is 6.21. The van der Waals surface area contributed by atoms with Crippen LogP contribution in [0.3, 0.4) is 0 Å². The third kappa shape index (κ3) is 3.22. The molecule has 2 aromatic carbocycles. The summed E-state index contributed by atoms with van der Waals surface area (Å²) in [6, 6.07) is 10.1. The molecule has 8 heteroatoms. The molecule has 1 atom stereocenters. The van der Waals surface area contributed by atoms with Crippen molar-refractivity contribution in [1.82, 2.24) is 4.72 Å². The zero-order chi connectivity index (χ0) is 15.7. The highest BCUT2D eigenvalue weighted by Gasteiger charge is 2.20. The van der Waals surface area contributed by atoms with Gasteiger partial charge in [-0.1, -0.05) is 0 Å². The summed E-state index contributed by atoms with van der Waals surface area (Å²) in [4.78, 5) is 0. The number of hydrogen-bond donors (Lipinski definition) is 2. The third-order valence-electron chi connectivity index (χ3n) is 3.07. The molecular formula is C14H11FIN3O2S. The zero-order valence-corrected chi connectivity index (χ0v) is 14.4. The molecule has 0 radical (unpaired) electrons. The van der Waals surface area contributed by atoms with Crippen LogP contribution in [0, 0.1) is 16.3 Å². The standard InChI is InChI=1S/C14H11FIN3O2S/c1-8-6-10(16)3-5-12(8)17-13-7-9(15)2-4-11(13)14-18-21-22(20)19-14/h2-7,17H,1H3,(H,18,19). The molecule has 5 nitrogen and oxygen atoms in total. The Hall–Kier alpha value is -1.68. The Morgan fingerprint density at radius 3 is 2.77 bits per heavy atom. The molecule has 0 bridgehead atoms. The van der Waals surface area contributed by atoms with E-state index in [1.165, 1.54) is 12.1 Å². The molecule has 2 aromatic rings. The highest BCUT2D eigenvalue weighted by molar-refractivity contribution is 14.1. The maximum absolute atomic E-state index is 13.6. The Labute approximate surface area is 142 Å². The predicted octanol–water partition coefficient (Wildman–Crippen LogP) is 3.34. The lowest BCUT2D eigenvalue weighted by Gasteiger charge is -2.13. The molecule has 0 aromatic heterocycles. The predicted molar refractivity (Wildman–Crippen MR) is 92.5 cm³/mol. The van der Waals surface area contributed by atoms with Gasteiger partial charge in [-0.3, -0.25) is 9.01 Å². The fraction of sp³-hybridized carbons (Fsp3) is 0.0714. The number of halogens is 2. The van der Waals surface area contributed by atoms with Crippen molar-refractivity contribution < 1.29 is 12.9 Å². The number of rotatable bonds is 3. The van der Waals surface area contributed by atoms with Gasteiger partial charge in [-0.2, -0.15) is 4.21 Å². The highest BCUT2D eigenvalue weighted by atomic mass is 127. The summed E-state index contributed by atoms with van der Waals surface area (Å²) in [5, 5.41) is 6.88. The van der Waals surface area contributed by atoms with Crippen LogP contribution in [0.5, 0.6) is 0 Å². The van der Waals surface area contributed by atoms with Crippen LogP contribution in [0.1, 0.15) is 11.1 Å². The Morgan fingerprint density at radius 2 is 2.09 bits per heavy atom. The topological polar surface area (TPSA) is 62.7 Å². The molecule has 114 valence electrons. The summed E-state index contributed by atoms with van der Waals surface area (Å²) in [6.45, 7) is 1.97. The molecule has 0 saturated heterocycles. The van der Waals surface area contributed by atoms with Crippen LogP contribution < -0.4 is 10.0 Å². The van der Waals surface area contributed by atoms with E-state index in [4.69, 9.17) is 0 Å². The van der Waals surface area contributed by atoms with Crippen LogP contribution in [0.25, 0.3) is 0 Å². The number of oxime groups is 1. The molecule has 3 rings (SSSR count). The Kier molecular flexibility index (Phi) is 4.30. The van der Waals surface area contributed by atoms with Gasteiger partial charge in [0.05, 0.1) is 5.69 Å². The van der Waals surface area contributed by atoms with E-state index in [0.717, 1.165) is 14.8 Å². The molecule has 0 saturated carbocycles. The Bertz CT molecular complexity index is 798. The van der Waals surface area contributed by atoms with Gasteiger partial charge in [0, 0.05) is 14.8 Å². The summed E-state index contributed by atoms with van der Waals surface area (Å²) in [7, 11) is 0. The minimum absolute atomic E-state index is 0.295. The summed E-state index contributed by atoms with van der Waals surface area (Å²) in [5.74, 6) is -0.0842. The number of anilines is 2. The summed E-state index contributed by atoms with van der Waals surface area (Å²) in [5.41, 5.74) is 2.97. The number of benzene rings is 2. The first-order valence-corrected chi connectivity index (χ1v) is 8.45. The van der Waals surface area contributed by atoms with Crippen molar-refractivity contribution in [3.05, 3.63) is 56.9 Å². The number of hydrogen-bond acceptors (Lipinski definition) is 4. The first-order valence-electron chi connectivity index (χ1n) is 6.30. The largest absolute Gasteiger partial charge is 0.355 e. The van der Waals surface area contributed by atoms with Gasteiger partial charge in [0.1, 0.15) is 5.82 Å². The molecule has 0 fully saturated rings. The van der Waals surface area contributed by atoms with E-state index in [1.54, 1.807) is 6.07 Å². The van der Waals surface area contributed by atoms with E-state index >= 15 is 0 Å². The maximum Gasteiger partial charge on any atom is 0.338 e. The Morgan fingerprint density at radius 1 is 1.27 bits per heavy atom. The average molecular weight is 431 g/mol. The van der Waals surface area contributed by atoms with Gasteiger partial charge in [0.2, 0.25) is 0 Å². The molecule has 2 N–H and O–H groups in total. The number of aryl methyl sites for hydroxylation is 1. The molecular weight excluding hydrogens is 420 g/mol. The summed E-state index contributed by atoms with van der Waals surface area (Å²) < 4.78 is 33.1. The minimum atomic E-state index is -1.70. The van der Waals surface area contributed by atoms with Crippen LogP contribution in [0.15, 0.2) is 41.6 Å². The quantitative estimate of drug-likeness (QED) is 0.734. The van der Waals surface area contributed by atoms with Gasteiger partial charge in [-0.25, -0.2) is 4.39 Å². The molecule has 1 aliphatic heterocycles. The van der Waals surface area contributed by atoms with Crippen LogP contribution in [0.2, 0.25) is 0 Å². The van der Waals surface area contributed by atoms with Crippen LogP contribution in [0.4, 0.5) is 15.8 Å². The van der Waals surface area contributed by atoms with E-state index in [-0.39, 0.29) is 5.82 Å². The van der Waals surface area contributed by atoms with Crippen molar-refractivity contribution in [2.45, 2.75) is 6.92 Å². The molecule has 1 unspecified atom stereocenters. The maximum atomic E-state index is 13.6. The number of nitrogens with zero attached hydrogens (tertiary/aromatic N) is 1. The lowest BCUT2D eigenvalue weighted by Crippen LogP contribution is -2.21. The normalized spacial score (nSPS) is 16.7. The summed E-state index contributed by atoms with van der Waals surface area (Å²) >= 11 is 0.534. The molecule has 0 amide bonds. The third-order valence-corrected chi connectivity index (χ3v) is 4.31. The van der Waals surface area contributed by atoms with Crippen molar-refractivity contribution in [2.24, 2.45) is 5.16 Å². The van der Waals surface area contributed by atoms with Gasteiger partial charge in [0.25, 0.3) is 0 Å². The average Bonchev–Trinajstić information content (AvgIpc) is 2.88.